The lowest BCUT2D eigenvalue weighted by atomic mass is 9.76. The summed E-state index contributed by atoms with van der Waals surface area (Å²) in [5.41, 5.74) is 8.88. The number of carbonyl (C=O) groups is 1. The van der Waals surface area contributed by atoms with Crippen LogP contribution < -0.4 is 19.7 Å². The molecule has 8 rings (SSSR count). The van der Waals surface area contributed by atoms with Gasteiger partial charge in [-0.25, -0.2) is 4.99 Å². The lowest BCUT2D eigenvalue weighted by Crippen LogP contribution is -2.37. The van der Waals surface area contributed by atoms with Gasteiger partial charge in [-0.15, -0.1) is 0 Å². The molecule has 1 fully saturated rings. The summed E-state index contributed by atoms with van der Waals surface area (Å²) in [7, 11) is 1.55. The zero-order chi connectivity index (χ0) is 36.5. The second-order valence-corrected chi connectivity index (χ2v) is 15.1. The fourth-order valence-electron chi connectivity index (χ4n) is 7.49. The van der Waals surface area contributed by atoms with Gasteiger partial charge in [0.1, 0.15) is 6.61 Å². The molecule has 3 aliphatic rings. The van der Waals surface area contributed by atoms with Crippen LogP contribution in [-0.2, 0) is 11.4 Å². The van der Waals surface area contributed by atoms with Crippen LogP contribution in [0.2, 0.25) is 0 Å². The van der Waals surface area contributed by atoms with Crippen LogP contribution in [0.1, 0.15) is 58.1 Å². The zero-order valence-electron chi connectivity index (χ0n) is 28.8. The van der Waals surface area contributed by atoms with Crippen LogP contribution in [0.5, 0.6) is 11.5 Å². The number of anilines is 1. The van der Waals surface area contributed by atoms with Gasteiger partial charge in [-0.05, 0) is 116 Å². The van der Waals surface area contributed by atoms with E-state index in [1.807, 2.05) is 6.07 Å². The van der Waals surface area contributed by atoms with Crippen molar-refractivity contribution < 1.29 is 19.2 Å². The van der Waals surface area contributed by atoms with Crippen molar-refractivity contribution in [2.24, 2.45) is 4.99 Å². The quantitative estimate of drug-likeness (QED) is 0.0901. The summed E-state index contributed by atoms with van der Waals surface area (Å²) >= 11 is 4.91. The molecule has 0 unspecified atom stereocenters. The number of amidine groups is 1. The Morgan fingerprint density at radius 2 is 1.55 bits per heavy atom. The minimum Gasteiger partial charge on any atom is -0.493 e. The van der Waals surface area contributed by atoms with E-state index in [1.165, 1.54) is 51.8 Å². The molecule has 1 saturated heterocycles. The molecule has 0 radical (unpaired) electrons. The molecule has 5 aromatic rings. The van der Waals surface area contributed by atoms with E-state index < -0.39 is 4.92 Å². The van der Waals surface area contributed by atoms with Gasteiger partial charge in [0.2, 0.25) is 0 Å². The first-order valence-electron chi connectivity index (χ1n) is 17.4. The molecular formula is C42H35BrN4O5S. The maximum absolute atomic E-state index is 13.3. The number of hydrogen-bond donors (Lipinski definition) is 1. The largest absolute Gasteiger partial charge is 0.493 e. The third kappa shape index (κ3) is 7.19. The smallest absolute Gasteiger partial charge is 0.269 e. The van der Waals surface area contributed by atoms with Crippen LogP contribution in [-0.4, -0.2) is 36.2 Å². The zero-order valence-corrected chi connectivity index (χ0v) is 31.2. The van der Waals surface area contributed by atoms with E-state index >= 15 is 0 Å². The first kappa shape index (κ1) is 34.7. The molecule has 5 aromatic carbocycles. The fourth-order valence-corrected chi connectivity index (χ4v) is 8.90. The maximum atomic E-state index is 13.3. The van der Waals surface area contributed by atoms with E-state index in [0.29, 0.717) is 26.0 Å². The summed E-state index contributed by atoms with van der Waals surface area (Å²) in [4.78, 5) is 32.0. The highest BCUT2D eigenvalue weighted by molar-refractivity contribution is 9.10. The van der Waals surface area contributed by atoms with Crippen LogP contribution in [0.25, 0.3) is 6.08 Å². The number of benzene rings is 5. The van der Waals surface area contributed by atoms with E-state index in [-0.39, 0.29) is 30.0 Å². The lowest BCUT2D eigenvalue weighted by Gasteiger charge is -2.43. The Balaban J connectivity index is 1.09. The van der Waals surface area contributed by atoms with E-state index in [9.17, 15) is 14.9 Å². The van der Waals surface area contributed by atoms with Crippen molar-refractivity contribution in [1.82, 2.24) is 5.32 Å². The monoisotopic (exact) mass is 786 g/mol. The highest BCUT2D eigenvalue weighted by Crippen LogP contribution is 2.50. The summed E-state index contributed by atoms with van der Waals surface area (Å²) < 4.78 is 12.3. The van der Waals surface area contributed by atoms with Gasteiger partial charge in [-0.3, -0.25) is 14.9 Å². The van der Waals surface area contributed by atoms with Gasteiger partial charge in [0.15, 0.2) is 16.7 Å². The number of ether oxygens (including phenoxy) is 2. The fraction of sp³-hybridized carbons (Fsp3) is 0.190. The molecule has 0 aliphatic carbocycles. The number of nitrogens with zero attached hydrogens (tertiary/aromatic N) is 3. The third-order valence-electron chi connectivity index (χ3n) is 9.96. The molecule has 3 aliphatic heterocycles. The standard InChI is InChI=1S/C42H35BrN4O5S/c1-51-37-21-27(20-36(43)40(37)52-25-26-12-14-31(15-13-26)47(49)50)22-38-41(48)45-42(53-38)44-30-23-34-32(28-8-4-2-5-9-28)16-18-46-19-17-33(35(24-30)39(34)46)29-10-6-3-7-11-29/h2-15,20-24,32-33H,16-19,25H2,1H3,(H,44,45,48)/b38-22-/t32-,33-/m0/s1. The van der Waals surface area contributed by atoms with Crippen LogP contribution in [0.4, 0.5) is 17.1 Å². The first-order valence-corrected chi connectivity index (χ1v) is 19.0. The molecular weight excluding hydrogens is 752 g/mol. The number of nitrogens with one attached hydrogen (secondary N) is 1. The minimum absolute atomic E-state index is 0.0177. The molecule has 1 amide bonds. The number of halogens is 1. The van der Waals surface area contributed by atoms with Gasteiger partial charge >= 0.3 is 0 Å². The molecule has 0 aromatic heterocycles. The predicted octanol–water partition coefficient (Wildman–Crippen LogP) is 9.71. The van der Waals surface area contributed by atoms with Crippen molar-refractivity contribution in [3.8, 4) is 11.5 Å². The van der Waals surface area contributed by atoms with Gasteiger partial charge in [0.25, 0.3) is 11.6 Å². The molecule has 1 N–H and O–H groups in total. The van der Waals surface area contributed by atoms with Crippen molar-refractivity contribution in [3.63, 3.8) is 0 Å². The summed E-state index contributed by atoms with van der Waals surface area (Å²) in [5.74, 6) is 1.25. The van der Waals surface area contributed by atoms with Crippen molar-refractivity contribution in [2.75, 3.05) is 25.1 Å². The first-order chi connectivity index (χ1) is 25.8. The van der Waals surface area contributed by atoms with Crippen molar-refractivity contribution in [3.05, 3.63) is 162 Å². The number of amides is 1. The van der Waals surface area contributed by atoms with Crippen LogP contribution in [0, 0.1) is 10.1 Å². The Labute approximate surface area is 320 Å². The summed E-state index contributed by atoms with van der Waals surface area (Å²) in [6.07, 6.45) is 3.87. The topological polar surface area (TPSA) is 106 Å². The van der Waals surface area contributed by atoms with Crippen molar-refractivity contribution >= 4 is 61.9 Å². The second kappa shape index (κ2) is 14.9. The molecule has 0 bridgehead atoms. The number of non-ortho nitro benzene ring substituents is 1. The summed E-state index contributed by atoms with van der Waals surface area (Å²) in [6.45, 7) is 2.22. The third-order valence-corrected chi connectivity index (χ3v) is 11.5. The van der Waals surface area contributed by atoms with Gasteiger partial charge < -0.3 is 19.7 Å². The highest BCUT2D eigenvalue weighted by Gasteiger charge is 2.35. The molecule has 9 nitrogen and oxygen atoms in total. The Morgan fingerprint density at radius 3 is 2.13 bits per heavy atom. The van der Waals surface area contributed by atoms with Crippen LogP contribution in [0.15, 0.2) is 124 Å². The van der Waals surface area contributed by atoms with Crippen molar-refractivity contribution in [2.45, 2.75) is 31.3 Å². The van der Waals surface area contributed by atoms with Crippen LogP contribution in [0.3, 0.4) is 0 Å². The van der Waals surface area contributed by atoms with Gasteiger partial charge in [0, 0.05) is 42.7 Å². The van der Waals surface area contributed by atoms with Gasteiger partial charge in [-0.2, -0.15) is 0 Å². The normalized spacial score (nSPS) is 19.2. The molecule has 2 atom stereocenters. The number of carbonyl (C=O) groups excluding carboxylic acids is 1. The Morgan fingerprint density at radius 1 is 0.925 bits per heavy atom. The van der Waals surface area contributed by atoms with E-state index in [4.69, 9.17) is 14.5 Å². The number of hydrogen-bond acceptors (Lipinski definition) is 8. The number of aliphatic imine (C=N–C) groups is 1. The number of rotatable bonds is 9. The van der Waals surface area contributed by atoms with E-state index in [1.54, 1.807) is 31.4 Å². The van der Waals surface area contributed by atoms with Crippen molar-refractivity contribution in [1.29, 1.82) is 0 Å². The molecule has 266 valence electrons. The predicted molar refractivity (Wildman–Crippen MR) is 213 cm³/mol. The average Bonchev–Trinajstić information content (AvgIpc) is 3.52. The molecule has 11 heteroatoms. The average molecular weight is 788 g/mol. The Kier molecular flexibility index (Phi) is 9.76. The molecule has 0 saturated carbocycles. The molecule has 53 heavy (non-hydrogen) atoms. The van der Waals surface area contributed by atoms with Gasteiger partial charge in [0.05, 0.1) is 27.1 Å². The number of methoxy groups -OCH3 is 1. The van der Waals surface area contributed by atoms with E-state index in [0.717, 1.165) is 42.7 Å². The number of nitro benzene ring substituents is 1. The lowest BCUT2D eigenvalue weighted by molar-refractivity contribution is -0.384. The van der Waals surface area contributed by atoms with E-state index in [2.05, 4.69) is 98.9 Å². The van der Waals surface area contributed by atoms with Gasteiger partial charge in [-0.1, -0.05) is 60.7 Å². The number of nitro groups is 1. The maximum Gasteiger partial charge on any atom is 0.269 e. The number of thioether (sulfide) groups is 1. The highest BCUT2D eigenvalue weighted by atomic mass is 79.9. The van der Waals surface area contributed by atoms with Crippen LogP contribution >= 0.6 is 27.7 Å². The Bertz CT molecular complexity index is 2190. The minimum atomic E-state index is -0.436. The molecule has 3 heterocycles. The molecule has 0 spiro atoms. The Hall–Kier alpha value is -5.39. The summed E-state index contributed by atoms with van der Waals surface area (Å²) in [5, 5.41) is 14.5. The second-order valence-electron chi connectivity index (χ2n) is 13.2. The SMILES string of the molecule is COc1cc(/C=C2\SC(=Nc3cc4c5c(c3)[C@H](c3ccccc3)CCN5CC[C@H]4c3ccccc3)NC2=O)cc(Br)c1OCc1ccc([N+](=O)[O-])cc1. The summed E-state index contributed by atoms with van der Waals surface area (Å²) in [6, 6.07) is 35.8.